The summed E-state index contributed by atoms with van der Waals surface area (Å²) in [5.74, 6) is -0.189. The van der Waals surface area contributed by atoms with E-state index in [0.717, 1.165) is 0 Å². The molecule has 21 heavy (non-hydrogen) atoms. The molecule has 0 unspecified atom stereocenters. The van der Waals surface area contributed by atoms with Crippen LogP contribution in [0.1, 0.15) is 15.4 Å². The van der Waals surface area contributed by atoms with Gasteiger partial charge in [0.2, 0.25) is 5.78 Å². The van der Waals surface area contributed by atoms with Crippen LogP contribution in [-0.4, -0.2) is 20.8 Å². The fourth-order valence-electron chi connectivity index (χ4n) is 1.87. The van der Waals surface area contributed by atoms with Gasteiger partial charge >= 0.3 is 0 Å². The summed E-state index contributed by atoms with van der Waals surface area (Å²) in [5, 5.41) is 20.3. The second-order valence-electron chi connectivity index (χ2n) is 4.30. The lowest BCUT2D eigenvalue weighted by atomic mass is 10.1. The molecule has 1 N–H and O–H groups in total. The zero-order chi connectivity index (χ0) is 15.0. The Morgan fingerprint density at radius 2 is 1.90 bits per heavy atom. The van der Waals surface area contributed by atoms with Crippen molar-refractivity contribution in [3.63, 3.8) is 0 Å². The van der Waals surface area contributed by atoms with Gasteiger partial charge in [0, 0.05) is 17.7 Å². The first-order chi connectivity index (χ1) is 10.0. The number of aromatic nitrogens is 1. The molecule has 0 saturated heterocycles. The van der Waals surface area contributed by atoms with E-state index in [4.69, 9.17) is 0 Å². The van der Waals surface area contributed by atoms with Gasteiger partial charge in [-0.3, -0.25) is 14.9 Å². The Balaban J connectivity index is 1.97. The van der Waals surface area contributed by atoms with Gasteiger partial charge in [-0.05, 0) is 30.3 Å². The molecule has 2 aromatic carbocycles. The first kappa shape index (κ1) is 13.2. The molecule has 1 aromatic heterocycles. The van der Waals surface area contributed by atoms with Gasteiger partial charge < -0.3 is 5.11 Å². The molecule has 0 aliphatic heterocycles. The molecular weight excluding hydrogens is 292 g/mol. The van der Waals surface area contributed by atoms with Crippen molar-refractivity contribution in [1.29, 1.82) is 0 Å². The number of phenols is 1. The van der Waals surface area contributed by atoms with E-state index >= 15 is 0 Å². The number of phenolic OH excluding ortho intramolecular Hbond substituents is 1. The maximum Gasteiger partial charge on any atom is 0.269 e. The van der Waals surface area contributed by atoms with Gasteiger partial charge in [-0.1, -0.05) is 0 Å². The molecule has 0 saturated carbocycles. The summed E-state index contributed by atoms with van der Waals surface area (Å²) < 4.78 is 0.709. The largest absolute Gasteiger partial charge is 0.508 e. The minimum Gasteiger partial charge on any atom is -0.508 e. The van der Waals surface area contributed by atoms with Crippen LogP contribution >= 0.6 is 11.3 Å². The molecule has 0 bridgehead atoms. The SMILES string of the molecule is O=C(c1ccc([N+](=O)[O-])cc1)c1nc2ccc(O)cc2s1. The third-order valence-electron chi connectivity index (χ3n) is 2.91. The fraction of sp³-hybridized carbons (Fsp3) is 0. The zero-order valence-corrected chi connectivity index (χ0v) is 11.3. The standard InChI is InChI=1S/C14H8N2O4S/c17-10-5-6-11-12(7-10)21-14(15-11)13(18)8-1-3-9(4-2-8)16(19)20/h1-7,17H. The second-order valence-corrected chi connectivity index (χ2v) is 5.33. The molecule has 0 amide bonds. The van der Waals surface area contributed by atoms with Gasteiger partial charge in [0.05, 0.1) is 15.1 Å². The number of aromatic hydroxyl groups is 1. The quantitative estimate of drug-likeness (QED) is 0.455. The van der Waals surface area contributed by atoms with Crippen molar-refractivity contribution in [3.8, 4) is 5.75 Å². The minimum atomic E-state index is -0.519. The Morgan fingerprint density at radius 1 is 1.19 bits per heavy atom. The third-order valence-corrected chi connectivity index (χ3v) is 3.92. The van der Waals surface area contributed by atoms with E-state index in [0.29, 0.717) is 15.8 Å². The molecule has 0 spiro atoms. The molecule has 0 fully saturated rings. The Hall–Kier alpha value is -2.80. The van der Waals surface area contributed by atoms with Crippen molar-refractivity contribution in [2.24, 2.45) is 0 Å². The molecule has 6 nitrogen and oxygen atoms in total. The summed E-state index contributed by atoms with van der Waals surface area (Å²) in [4.78, 5) is 26.6. The van der Waals surface area contributed by atoms with Crippen LogP contribution in [0.3, 0.4) is 0 Å². The van der Waals surface area contributed by atoms with E-state index < -0.39 is 4.92 Å². The van der Waals surface area contributed by atoms with E-state index in [2.05, 4.69) is 4.98 Å². The highest BCUT2D eigenvalue weighted by molar-refractivity contribution is 7.20. The number of rotatable bonds is 3. The number of non-ortho nitro benzene ring substituents is 1. The molecular formula is C14H8N2O4S. The second kappa shape index (κ2) is 4.95. The van der Waals surface area contributed by atoms with Crippen molar-refractivity contribution in [2.45, 2.75) is 0 Å². The Labute approximate surface area is 122 Å². The van der Waals surface area contributed by atoms with Crippen molar-refractivity contribution >= 4 is 33.0 Å². The summed E-state index contributed by atoms with van der Waals surface area (Å²) in [6, 6.07) is 10.1. The maximum atomic E-state index is 12.3. The molecule has 3 aromatic rings. The lowest BCUT2D eigenvalue weighted by Crippen LogP contribution is -2.00. The van der Waals surface area contributed by atoms with Gasteiger partial charge in [0.1, 0.15) is 5.75 Å². The Morgan fingerprint density at radius 3 is 2.57 bits per heavy atom. The number of nitro groups is 1. The van der Waals surface area contributed by atoms with Crippen LogP contribution in [0.4, 0.5) is 5.69 Å². The van der Waals surface area contributed by atoms with Crippen LogP contribution in [0.2, 0.25) is 0 Å². The predicted molar refractivity (Wildman–Crippen MR) is 77.8 cm³/mol. The monoisotopic (exact) mass is 300 g/mol. The van der Waals surface area contributed by atoms with Crippen LogP contribution in [0.25, 0.3) is 10.2 Å². The van der Waals surface area contributed by atoms with Crippen LogP contribution in [-0.2, 0) is 0 Å². The first-order valence-electron chi connectivity index (χ1n) is 5.93. The molecule has 1 heterocycles. The number of fused-ring (bicyclic) bond motifs is 1. The molecule has 7 heteroatoms. The van der Waals surface area contributed by atoms with Crippen molar-refractivity contribution < 1.29 is 14.8 Å². The van der Waals surface area contributed by atoms with E-state index in [9.17, 15) is 20.0 Å². The van der Waals surface area contributed by atoms with E-state index in [1.807, 2.05) is 0 Å². The molecule has 0 atom stereocenters. The minimum absolute atomic E-state index is 0.0687. The smallest absolute Gasteiger partial charge is 0.269 e. The normalized spacial score (nSPS) is 10.7. The number of nitrogens with zero attached hydrogens (tertiary/aromatic N) is 2. The first-order valence-corrected chi connectivity index (χ1v) is 6.75. The van der Waals surface area contributed by atoms with E-state index in [1.165, 1.54) is 41.7 Å². The number of hydrogen-bond donors (Lipinski definition) is 1. The lowest BCUT2D eigenvalue weighted by molar-refractivity contribution is -0.384. The highest BCUT2D eigenvalue weighted by Gasteiger charge is 2.16. The van der Waals surface area contributed by atoms with E-state index in [-0.39, 0.29) is 22.2 Å². The van der Waals surface area contributed by atoms with Gasteiger partial charge in [-0.25, -0.2) is 4.98 Å². The summed E-state index contributed by atoms with van der Waals surface area (Å²) in [6.45, 7) is 0. The summed E-state index contributed by atoms with van der Waals surface area (Å²) >= 11 is 1.17. The number of thiazole rings is 1. The van der Waals surface area contributed by atoms with Gasteiger partial charge in [-0.15, -0.1) is 11.3 Å². The van der Waals surface area contributed by atoms with Gasteiger partial charge in [0.25, 0.3) is 5.69 Å². The van der Waals surface area contributed by atoms with Gasteiger partial charge in [0.15, 0.2) is 5.01 Å². The highest BCUT2D eigenvalue weighted by Crippen LogP contribution is 2.27. The number of hydrogen-bond acceptors (Lipinski definition) is 6. The van der Waals surface area contributed by atoms with Crippen LogP contribution in [0.5, 0.6) is 5.75 Å². The van der Waals surface area contributed by atoms with Crippen LogP contribution < -0.4 is 0 Å². The Kier molecular flexibility index (Phi) is 3.11. The zero-order valence-electron chi connectivity index (χ0n) is 10.5. The van der Waals surface area contributed by atoms with E-state index in [1.54, 1.807) is 12.1 Å². The number of benzene rings is 2. The molecule has 104 valence electrons. The summed E-state index contributed by atoms with van der Waals surface area (Å²) in [7, 11) is 0. The number of ketones is 1. The average molecular weight is 300 g/mol. The molecule has 0 aliphatic carbocycles. The highest BCUT2D eigenvalue weighted by atomic mass is 32.1. The predicted octanol–water partition coefficient (Wildman–Crippen LogP) is 3.14. The lowest BCUT2D eigenvalue weighted by Gasteiger charge is -1.96. The summed E-state index contributed by atoms with van der Waals surface area (Å²) in [6.07, 6.45) is 0. The summed E-state index contributed by atoms with van der Waals surface area (Å²) in [5.41, 5.74) is 0.896. The van der Waals surface area contributed by atoms with Gasteiger partial charge in [-0.2, -0.15) is 0 Å². The topological polar surface area (TPSA) is 93.3 Å². The number of carbonyl (C=O) groups is 1. The van der Waals surface area contributed by atoms with Crippen molar-refractivity contribution in [2.75, 3.05) is 0 Å². The average Bonchev–Trinajstić information content (AvgIpc) is 2.89. The van der Waals surface area contributed by atoms with Crippen molar-refractivity contribution in [3.05, 3.63) is 63.1 Å². The maximum absolute atomic E-state index is 12.3. The Bertz CT molecular complexity index is 855. The fourth-order valence-corrected chi connectivity index (χ4v) is 2.83. The number of nitro benzene ring substituents is 1. The van der Waals surface area contributed by atoms with Crippen LogP contribution in [0.15, 0.2) is 42.5 Å². The van der Waals surface area contributed by atoms with Crippen molar-refractivity contribution in [1.82, 2.24) is 4.98 Å². The molecule has 0 aliphatic rings. The molecule has 0 radical (unpaired) electrons. The molecule has 3 rings (SSSR count). The van der Waals surface area contributed by atoms with Crippen LogP contribution in [0, 0.1) is 10.1 Å². The third kappa shape index (κ3) is 2.46. The number of carbonyl (C=O) groups excluding carboxylic acids is 1.